The van der Waals surface area contributed by atoms with Gasteiger partial charge in [-0.25, -0.2) is 0 Å². The largest absolute Gasteiger partial charge is 0.395 e. The number of hydrogen-bond donors (Lipinski definition) is 1. The minimum Gasteiger partial charge on any atom is -0.395 e. The van der Waals surface area contributed by atoms with Crippen LogP contribution >= 0.6 is 0 Å². The summed E-state index contributed by atoms with van der Waals surface area (Å²) >= 11 is 0. The first-order valence-corrected chi connectivity index (χ1v) is 5.21. The van der Waals surface area contributed by atoms with Crippen LogP contribution in [0.5, 0.6) is 0 Å². The highest BCUT2D eigenvalue weighted by molar-refractivity contribution is 5.73. The van der Waals surface area contributed by atoms with E-state index in [1.807, 2.05) is 20.9 Å². The van der Waals surface area contributed by atoms with Crippen LogP contribution in [-0.2, 0) is 4.79 Å². The molecule has 1 atom stereocenters. The van der Waals surface area contributed by atoms with E-state index in [0.717, 1.165) is 13.1 Å². The van der Waals surface area contributed by atoms with Crippen molar-refractivity contribution in [3.05, 3.63) is 0 Å². The standard InChI is InChI=1S/C8H16N2O2.C2H6/c1-7(12)10-4-3-9(2)8(5-10)6-11;1-2/h8,11H,3-6H2,1-2H3;1-2H3. The van der Waals surface area contributed by atoms with Crippen molar-refractivity contribution in [2.75, 3.05) is 33.3 Å². The Morgan fingerprint density at radius 1 is 1.43 bits per heavy atom. The number of piperazine rings is 1. The van der Waals surface area contributed by atoms with Crippen molar-refractivity contribution in [3.63, 3.8) is 0 Å². The lowest BCUT2D eigenvalue weighted by atomic mass is 10.2. The van der Waals surface area contributed by atoms with E-state index in [-0.39, 0.29) is 18.6 Å². The predicted molar refractivity (Wildman–Crippen MR) is 57.1 cm³/mol. The molecule has 1 aliphatic heterocycles. The maximum atomic E-state index is 11.0. The molecule has 0 radical (unpaired) electrons. The van der Waals surface area contributed by atoms with Gasteiger partial charge in [-0.05, 0) is 7.05 Å². The first-order valence-electron chi connectivity index (χ1n) is 5.21. The normalized spacial score (nSPS) is 22.6. The molecule has 0 aromatic rings. The summed E-state index contributed by atoms with van der Waals surface area (Å²) in [5, 5.41) is 8.98. The number of aliphatic hydroxyl groups is 1. The van der Waals surface area contributed by atoms with Gasteiger partial charge >= 0.3 is 0 Å². The van der Waals surface area contributed by atoms with Crippen LogP contribution in [0.2, 0.25) is 0 Å². The number of carbonyl (C=O) groups is 1. The molecule has 0 saturated carbocycles. The van der Waals surface area contributed by atoms with E-state index in [9.17, 15) is 4.79 Å². The third-order valence-electron chi connectivity index (χ3n) is 2.43. The Morgan fingerprint density at radius 2 is 2.00 bits per heavy atom. The fourth-order valence-electron chi connectivity index (χ4n) is 1.43. The number of nitrogens with zero attached hydrogens (tertiary/aromatic N) is 2. The third kappa shape index (κ3) is 3.64. The number of carbonyl (C=O) groups excluding carboxylic acids is 1. The highest BCUT2D eigenvalue weighted by Gasteiger charge is 2.24. The Hall–Kier alpha value is -0.610. The lowest BCUT2D eigenvalue weighted by molar-refractivity contribution is -0.131. The average molecular weight is 202 g/mol. The molecule has 1 saturated heterocycles. The molecule has 4 heteroatoms. The summed E-state index contributed by atoms with van der Waals surface area (Å²) in [4.78, 5) is 14.9. The van der Waals surface area contributed by atoms with Gasteiger partial charge in [-0.15, -0.1) is 0 Å². The monoisotopic (exact) mass is 202 g/mol. The van der Waals surface area contributed by atoms with Gasteiger partial charge in [0.25, 0.3) is 0 Å². The lowest BCUT2D eigenvalue weighted by Gasteiger charge is -2.38. The molecule has 4 nitrogen and oxygen atoms in total. The Labute approximate surface area is 86.5 Å². The van der Waals surface area contributed by atoms with Crippen LogP contribution in [0, 0.1) is 0 Å². The highest BCUT2D eigenvalue weighted by Crippen LogP contribution is 2.06. The average Bonchev–Trinajstić information content (AvgIpc) is 2.21. The molecule has 0 aromatic carbocycles. The molecule has 0 aromatic heterocycles. The molecule has 1 heterocycles. The second-order valence-electron chi connectivity index (χ2n) is 3.28. The van der Waals surface area contributed by atoms with Gasteiger partial charge < -0.3 is 10.0 Å². The van der Waals surface area contributed by atoms with Crippen molar-refractivity contribution in [3.8, 4) is 0 Å². The summed E-state index contributed by atoms with van der Waals surface area (Å²) < 4.78 is 0. The molecule has 0 spiro atoms. The fraction of sp³-hybridized carbons (Fsp3) is 0.900. The van der Waals surface area contributed by atoms with Gasteiger partial charge in [0.05, 0.1) is 12.6 Å². The summed E-state index contributed by atoms with van der Waals surface area (Å²) in [6, 6.07) is 0.114. The molecule has 0 bridgehead atoms. The van der Waals surface area contributed by atoms with Gasteiger partial charge in [0.2, 0.25) is 5.91 Å². The molecule has 84 valence electrons. The Bertz CT molecular complexity index is 174. The van der Waals surface area contributed by atoms with Gasteiger partial charge in [0, 0.05) is 26.6 Å². The van der Waals surface area contributed by atoms with Crippen LogP contribution in [0.15, 0.2) is 0 Å². The van der Waals surface area contributed by atoms with Crippen LogP contribution in [0.4, 0.5) is 0 Å². The zero-order valence-corrected chi connectivity index (χ0v) is 9.66. The molecule has 1 aliphatic rings. The van der Waals surface area contributed by atoms with Gasteiger partial charge in [-0.1, -0.05) is 13.8 Å². The van der Waals surface area contributed by atoms with Crippen LogP contribution in [-0.4, -0.2) is 60.1 Å². The van der Waals surface area contributed by atoms with Crippen molar-refractivity contribution in [2.45, 2.75) is 26.8 Å². The first kappa shape index (κ1) is 13.4. The Balaban J connectivity index is 0.000000791. The zero-order chi connectivity index (χ0) is 11.1. The SMILES string of the molecule is CC.CC(=O)N1CCN(C)C(CO)C1. The number of aliphatic hydroxyl groups excluding tert-OH is 1. The number of likely N-dealkylation sites (N-methyl/N-ethyl adjacent to an activating group) is 1. The van der Waals surface area contributed by atoms with Crippen LogP contribution < -0.4 is 0 Å². The molecule has 1 fully saturated rings. The number of rotatable bonds is 1. The fourth-order valence-corrected chi connectivity index (χ4v) is 1.43. The molecule has 1 N–H and O–H groups in total. The second-order valence-corrected chi connectivity index (χ2v) is 3.28. The van der Waals surface area contributed by atoms with Crippen molar-refractivity contribution < 1.29 is 9.90 Å². The maximum absolute atomic E-state index is 11.0. The van der Waals surface area contributed by atoms with Crippen LogP contribution in [0.3, 0.4) is 0 Å². The topological polar surface area (TPSA) is 43.8 Å². The van der Waals surface area contributed by atoms with Gasteiger partial charge in [-0.2, -0.15) is 0 Å². The molecule has 1 rings (SSSR count). The Kier molecular flexibility index (Phi) is 6.49. The quantitative estimate of drug-likeness (QED) is 0.659. The molecule has 14 heavy (non-hydrogen) atoms. The predicted octanol–water partition coefficient (Wildman–Crippen LogP) is 0.167. The summed E-state index contributed by atoms with van der Waals surface area (Å²) in [6.07, 6.45) is 0. The first-order chi connectivity index (χ1) is 6.65. The van der Waals surface area contributed by atoms with E-state index in [2.05, 4.69) is 4.90 Å². The summed E-state index contributed by atoms with van der Waals surface area (Å²) in [5.74, 6) is 0.0987. The summed E-state index contributed by atoms with van der Waals surface area (Å²) in [5.41, 5.74) is 0. The third-order valence-corrected chi connectivity index (χ3v) is 2.43. The highest BCUT2D eigenvalue weighted by atomic mass is 16.3. The zero-order valence-electron chi connectivity index (χ0n) is 9.66. The molecule has 1 unspecified atom stereocenters. The van der Waals surface area contributed by atoms with Crippen LogP contribution in [0.1, 0.15) is 20.8 Å². The van der Waals surface area contributed by atoms with E-state index >= 15 is 0 Å². The van der Waals surface area contributed by atoms with E-state index in [4.69, 9.17) is 5.11 Å². The maximum Gasteiger partial charge on any atom is 0.219 e. The summed E-state index contributed by atoms with van der Waals surface area (Å²) in [6.45, 7) is 7.98. The lowest BCUT2D eigenvalue weighted by Crippen LogP contribution is -2.54. The van der Waals surface area contributed by atoms with Crippen LogP contribution in [0.25, 0.3) is 0 Å². The Morgan fingerprint density at radius 3 is 2.43 bits per heavy atom. The minimum absolute atomic E-state index is 0.0987. The van der Waals surface area contributed by atoms with Crippen molar-refractivity contribution >= 4 is 5.91 Å². The van der Waals surface area contributed by atoms with Crippen molar-refractivity contribution in [1.29, 1.82) is 0 Å². The van der Waals surface area contributed by atoms with E-state index in [1.54, 1.807) is 11.8 Å². The van der Waals surface area contributed by atoms with Gasteiger partial charge in [0.15, 0.2) is 0 Å². The molecular formula is C10H22N2O2. The van der Waals surface area contributed by atoms with E-state index in [1.165, 1.54) is 0 Å². The van der Waals surface area contributed by atoms with E-state index < -0.39 is 0 Å². The van der Waals surface area contributed by atoms with Crippen molar-refractivity contribution in [1.82, 2.24) is 9.80 Å². The second kappa shape index (κ2) is 6.79. The molecule has 1 amide bonds. The molecular weight excluding hydrogens is 180 g/mol. The van der Waals surface area contributed by atoms with E-state index in [0.29, 0.717) is 6.54 Å². The van der Waals surface area contributed by atoms with Crippen molar-refractivity contribution in [2.24, 2.45) is 0 Å². The van der Waals surface area contributed by atoms with Gasteiger partial charge in [0.1, 0.15) is 0 Å². The summed E-state index contributed by atoms with van der Waals surface area (Å²) in [7, 11) is 1.97. The smallest absolute Gasteiger partial charge is 0.219 e. The van der Waals surface area contributed by atoms with Gasteiger partial charge in [-0.3, -0.25) is 9.69 Å². The minimum atomic E-state index is 0.0987. The number of amides is 1. The molecule has 0 aliphatic carbocycles. The number of hydrogen-bond acceptors (Lipinski definition) is 3.